The van der Waals surface area contributed by atoms with Crippen molar-refractivity contribution in [2.45, 2.75) is 58.1 Å². The molecule has 3 aromatic rings. The maximum Gasteiger partial charge on any atom is 0.573 e. The highest BCUT2D eigenvalue weighted by Crippen LogP contribution is 2.56. The number of imidazole rings is 1. The normalized spacial score (nSPS) is 18.7. The van der Waals surface area contributed by atoms with Crippen molar-refractivity contribution in [1.82, 2.24) is 19.8 Å². The minimum absolute atomic E-state index is 0.0674. The Balaban J connectivity index is 0.990. The molecule has 1 amide bonds. The summed E-state index contributed by atoms with van der Waals surface area (Å²) in [4.78, 5) is 22.3. The first-order valence-corrected chi connectivity index (χ1v) is 13.9. The lowest BCUT2D eigenvalue weighted by molar-refractivity contribution is -0.274. The fourth-order valence-corrected chi connectivity index (χ4v) is 6.46. The third-order valence-electron chi connectivity index (χ3n) is 8.54. The molecule has 6 rings (SSSR count). The lowest BCUT2D eigenvalue weighted by Gasteiger charge is -2.60. The number of nitrogens with one attached hydrogen (secondary N) is 1. The van der Waals surface area contributed by atoms with E-state index in [0.29, 0.717) is 18.2 Å². The standard InChI is InChI=1S/C30H34F3N5O2/c1-3-25-27(38-13-12-36(2)17-26(38)35-25)28(39)34-16-20-4-6-21(7-5-20)22-14-29(15-22)18-37(19-29)23-8-10-24(11-9-23)40-30(31,32)33/h4-11,22H,3,12-19H2,1-2H3,(H,34,39). The van der Waals surface area contributed by atoms with Gasteiger partial charge in [0.2, 0.25) is 0 Å². The predicted molar refractivity (Wildman–Crippen MR) is 145 cm³/mol. The smallest absolute Gasteiger partial charge is 0.406 e. The average Bonchev–Trinajstić information content (AvgIpc) is 3.24. The molecule has 1 aromatic heterocycles. The van der Waals surface area contributed by atoms with Crippen molar-refractivity contribution in [3.05, 3.63) is 76.9 Å². The van der Waals surface area contributed by atoms with Crippen LogP contribution >= 0.6 is 0 Å². The van der Waals surface area contributed by atoms with Crippen LogP contribution in [-0.2, 0) is 26.1 Å². The molecule has 40 heavy (non-hydrogen) atoms. The van der Waals surface area contributed by atoms with E-state index < -0.39 is 6.36 Å². The number of hydrogen-bond donors (Lipinski definition) is 1. The monoisotopic (exact) mass is 553 g/mol. The van der Waals surface area contributed by atoms with E-state index >= 15 is 0 Å². The molecular formula is C30H34F3N5O2. The second kappa shape index (κ2) is 10.1. The number of benzene rings is 2. The van der Waals surface area contributed by atoms with Gasteiger partial charge in [-0.05, 0) is 67.6 Å². The number of carbonyl (C=O) groups is 1. The molecule has 2 aliphatic heterocycles. The lowest BCUT2D eigenvalue weighted by Crippen LogP contribution is -2.61. The summed E-state index contributed by atoms with van der Waals surface area (Å²) in [6.45, 7) is 6.79. The van der Waals surface area contributed by atoms with E-state index in [2.05, 4.69) is 55.7 Å². The van der Waals surface area contributed by atoms with Gasteiger partial charge in [0.25, 0.3) is 5.91 Å². The zero-order valence-corrected chi connectivity index (χ0v) is 22.8. The van der Waals surface area contributed by atoms with E-state index in [9.17, 15) is 18.0 Å². The van der Waals surface area contributed by atoms with Crippen LogP contribution in [0, 0.1) is 5.41 Å². The summed E-state index contributed by atoms with van der Waals surface area (Å²) in [7, 11) is 2.07. The van der Waals surface area contributed by atoms with Crippen LogP contribution in [0.15, 0.2) is 48.5 Å². The Morgan fingerprint density at radius 3 is 2.42 bits per heavy atom. The number of aryl methyl sites for hydroxylation is 1. The fourth-order valence-electron chi connectivity index (χ4n) is 6.46. The molecule has 0 atom stereocenters. The quantitative estimate of drug-likeness (QED) is 0.441. The van der Waals surface area contributed by atoms with Crippen molar-refractivity contribution in [1.29, 1.82) is 0 Å². The van der Waals surface area contributed by atoms with E-state index in [1.165, 1.54) is 17.7 Å². The minimum Gasteiger partial charge on any atom is -0.406 e. The van der Waals surface area contributed by atoms with Crippen molar-refractivity contribution < 1.29 is 22.7 Å². The van der Waals surface area contributed by atoms with Crippen LogP contribution in [0.25, 0.3) is 0 Å². The molecule has 1 aliphatic carbocycles. The average molecular weight is 554 g/mol. The van der Waals surface area contributed by atoms with E-state index in [1.54, 1.807) is 12.1 Å². The highest BCUT2D eigenvalue weighted by Gasteiger charge is 2.52. The van der Waals surface area contributed by atoms with Crippen molar-refractivity contribution in [2.24, 2.45) is 5.41 Å². The molecular weight excluding hydrogens is 519 g/mol. The number of alkyl halides is 3. The fraction of sp³-hybridized carbons (Fsp3) is 0.467. The van der Waals surface area contributed by atoms with Gasteiger partial charge in [-0.3, -0.25) is 9.69 Å². The van der Waals surface area contributed by atoms with Crippen LogP contribution in [-0.4, -0.2) is 53.4 Å². The number of nitrogens with zero attached hydrogens (tertiary/aromatic N) is 4. The highest BCUT2D eigenvalue weighted by atomic mass is 19.4. The number of rotatable bonds is 7. The second-order valence-corrected chi connectivity index (χ2v) is 11.5. The largest absolute Gasteiger partial charge is 0.573 e. The minimum atomic E-state index is -4.67. The number of aromatic nitrogens is 2. The predicted octanol–water partition coefficient (Wildman–Crippen LogP) is 5.10. The maximum atomic E-state index is 13.1. The van der Waals surface area contributed by atoms with Gasteiger partial charge in [-0.25, -0.2) is 4.98 Å². The summed E-state index contributed by atoms with van der Waals surface area (Å²) in [6.07, 6.45) is -1.73. The van der Waals surface area contributed by atoms with Crippen molar-refractivity contribution >= 4 is 11.6 Å². The number of hydrogen-bond acceptors (Lipinski definition) is 5. The summed E-state index contributed by atoms with van der Waals surface area (Å²) < 4.78 is 43.2. The van der Waals surface area contributed by atoms with Crippen LogP contribution in [0.1, 0.15) is 58.8 Å². The molecule has 2 aromatic carbocycles. The number of anilines is 1. The summed E-state index contributed by atoms with van der Waals surface area (Å²) in [5, 5.41) is 3.10. The number of fused-ring (bicyclic) bond motifs is 1. The molecule has 7 nitrogen and oxygen atoms in total. The molecule has 3 heterocycles. The van der Waals surface area contributed by atoms with E-state index in [1.807, 2.05) is 6.92 Å². The molecule has 212 valence electrons. The van der Waals surface area contributed by atoms with E-state index in [0.717, 1.165) is 74.8 Å². The number of ether oxygens (including phenoxy) is 1. The molecule has 0 unspecified atom stereocenters. The number of halogens is 3. The highest BCUT2D eigenvalue weighted by molar-refractivity contribution is 5.94. The Bertz CT molecular complexity index is 1370. The molecule has 1 spiro atoms. The van der Waals surface area contributed by atoms with Gasteiger partial charge in [0.15, 0.2) is 0 Å². The first-order chi connectivity index (χ1) is 19.1. The zero-order chi connectivity index (χ0) is 28.1. The Hall–Kier alpha value is -3.53. The van der Waals surface area contributed by atoms with Gasteiger partial charge >= 0.3 is 6.36 Å². The van der Waals surface area contributed by atoms with Crippen molar-refractivity contribution in [2.75, 3.05) is 31.6 Å². The van der Waals surface area contributed by atoms with Gasteiger partial charge in [-0.15, -0.1) is 13.2 Å². The van der Waals surface area contributed by atoms with Crippen LogP contribution in [0.5, 0.6) is 5.75 Å². The molecule has 3 aliphatic rings. The molecule has 0 bridgehead atoms. The van der Waals surface area contributed by atoms with Gasteiger partial charge < -0.3 is 19.5 Å². The van der Waals surface area contributed by atoms with Crippen LogP contribution in [0.3, 0.4) is 0 Å². The second-order valence-electron chi connectivity index (χ2n) is 11.5. The Morgan fingerprint density at radius 2 is 1.77 bits per heavy atom. The number of carbonyl (C=O) groups excluding carboxylic acids is 1. The number of likely N-dealkylation sites (N-methyl/N-ethyl adjacent to an activating group) is 1. The van der Waals surface area contributed by atoms with Crippen LogP contribution in [0.4, 0.5) is 18.9 Å². The molecule has 2 fully saturated rings. The zero-order valence-electron chi connectivity index (χ0n) is 22.8. The van der Waals surface area contributed by atoms with Crippen LogP contribution in [0.2, 0.25) is 0 Å². The van der Waals surface area contributed by atoms with Gasteiger partial charge in [-0.2, -0.15) is 0 Å². The van der Waals surface area contributed by atoms with Gasteiger partial charge in [-0.1, -0.05) is 31.2 Å². The van der Waals surface area contributed by atoms with Crippen molar-refractivity contribution in [3.8, 4) is 5.75 Å². The number of amides is 1. The summed E-state index contributed by atoms with van der Waals surface area (Å²) >= 11 is 0. The summed E-state index contributed by atoms with van der Waals surface area (Å²) in [5.74, 6) is 1.21. The van der Waals surface area contributed by atoms with Gasteiger partial charge in [0, 0.05) is 43.8 Å². The Labute approximate surface area is 231 Å². The van der Waals surface area contributed by atoms with Crippen LogP contribution < -0.4 is 15.0 Å². The summed E-state index contributed by atoms with van der Waals surface area (Å²) in [5.41, 5.74) is 5.14. The van der Waals surface area contributed by atoms with E-state index in [4.69, 9.17) is 4.98 Å². The molecule has 1 saturated carbocycles. The maximum absolute atomic E-state index is 13.1. The van der Waals surface area contributed by atoms with Crippen molar-refractivity contribution in [3.63, 3.8) is 0 Å². The van der Waals surface area contributed by atoms with Gasteiger partial charge in [0.05, 0.1) is 12.2 Å². The SMILES string of the molecule is CCc1nc2n(c1C(=O)NCc1ccc(C3CC4(C3)CN(c3ccc(OC(F)(F)F)cc3)C4)cc1)CCN(C)C2. The lowest BCUT2D eigenvalue weighted by atomic mass is 9.56. The third kappa shape index (κ3) is 5.29. The summed E-state index contributed by atoms with van der Waals surface area (Å²) in [6, 6.07) is 14.6. The Morgan fingerprint density at radius 1 is 1.07 bits per heavy atom. The molecule has 10 heteroatoms. The molecule has 1 saturated heterocycles. The third-order valence-corrected chi connectivity index (χ3v) is 8.54. The van der Waals surface area contributed by atoms with E-state index in [-0.39, 0.29) is 17.1 Å². The van der Waals surface area contributed by atoms with Gasteiger partial charge in [0.1, 0.15) is 17.3 Å². The molecule has 0 radical (unpaired) electrons. The Kier molecular flexibility index (Phi) is 6.76. The topological polar surface area (TPSA) is 62.6 Å². The molecule has 1 N–H and O–H groups in total. The first kappa shape index (κ1) is 26.7. The first-order valence-electron chi connectivity index (χ1n) is 13.9.